The van der Waals surface area contributed by atoms with Gasteiger partial charge in [0.05, 0.1) is 0 Å². The summed E-state index contributed by atoms with van der Waals surface area (Å²) in [6.07, 6.45) is 9.37. The highest BCUT2D eigenvalue weighted by atomic mass is 16.5. The largest absolute Gasteiger partial charge is 0.481 e. The van der Waals surface area contributed by atoms with Crippen molar-refractivity contribution < 1.29 is 4.74 Å². The van der Waals surface area contributed by atoms with E-state index in [4.69, 9.17) is 11.2 Å². The lowest BCUT2D eigenvalue weighted by Gasteiger charge is -2.18. The van der Waals surface area contributed by atoms with Crippen LogP contribution in [0.5, 0.6) is 5.75 Å². The van der Waals surface area contributed by atoms with Gasteiger partial charge in [-0.1, -0.05) is 18.6 Å². The van der Waals surface area contributed by atoms with Crippen LogP contribution in [0.4, 0.5) is 0 Å². The number of terminal acetylenes is 1. The molecule has 0 unspecified atom stereocenters. The van der Waals surface area contributed by atoms with Gasteiger partial charge in [0.15, 0.2) is 0 Å². The van der Waals surface area contributed by atoms with Gasteiger partial charge in [0, 0.05) is 11.4 Å². The van der Waals surface area contributed by atoms with Crippen molar-refractivity contribution in [1.29, 1.82) is 0 Å². The van der Waals surface area contributed by atoms with Crippen LogP contribution in [0.2, 0.25) is 0 Å². The molecule has 0 radical (unpaired) electrons. The minimum atomic E-state index is 0.303. The molecule has 0 saturated carbocycles. The fraction of sp³-hybridized carbons (Fsp3) is 0.200. The Bertz CT molecular complexity index is 477. The van der Waals surface area contributed by atoms with E-state index in [1.54, 1.807) is 0 Å². The van der Waals surface area contributed by atoms with Gasteiger partial charge >= 0.3 is 0 Å². The highest BCUT2D eigenvalue weighted by Crippen LogP contribution is 2.22. The highest BCUT2D eigenvalue weighted by molar-refractivity contribution is 5.66. The van der Waals surface area contributed by atoms with Crippen molar-refractivity contribution in [2.24, 2.45) is 0 Å². The van der Waals surface area contributed by atoms with Crippen LogP contribution < -0.4 is 10.1 Å². The third kappa shape index (κ3) is 2.92. The van der Waals surface area contributed by atoms with E-state index in [0.717, 1.165) is 35.5 Å². The van der Waals surface area contributed by atoms with Gasteiger partial charge in [-0.3, -0.25) is 0 Å². The van der Waals surface area contributed by atoms with E-state index >= 15 is 0 Å². The van der Waals surface area contributed by atoms with Crippen molar-refractivity contribution >= 4 is 5.70 Å². The maximum atomic E-state index is 5.33. The molecule has 2 rings (SSSR count). The molecule has 1 aromatic carbocycles. The highest BCUT2D eigenvalue weighted by Gasteiger charge is 2.07. The van der Waals surface area contributed by atoms with Gasteiger partial charge in [0.25, 0.3) is 0 Å². The summed E-state index contributed by atoms with van der Waals surface area (Å²) in [4.78, 5) is 0. The zero-order valence-electron chi connectivity index (χ0n) is 9.70. The van der Waals surface area contributed by atoms with Crippen molar-refractivity contribution in [3.05, 3.63) is 48.2 Å². The fourth-order valence-corrected chi connectivity index (χ4v) is 1.74. The molecular formula is C15H15NO. The quantitative estimate of drug-likeness (QED) is 0.799. The van der Waals surface area contributed by atoms with Gasteiger partial charge in [-0.05, 0) is 42.7 Å². The zero-order chi connectivity index (χ0) is 12.1. The summed E-state index contributed by atoms with van der Waals surface area (Å²) >= 11 is 0. The van der Waals surface area contributed by atoms with Gasteiger partial charge in [0.1, 0.15) is 12.4 Å². The molecule has 2 nitrogen and oxygen atoms in total. The van der Waals surface area contributed by atoms with Crippen LogP contribution in [0.1, 0.15) is 18.4 Å². The van der Waals surface area contributed by atoms with Crippen LogP contribution in [0, 0.1) is 12.3 Å². The van der Waals surface area contributed by atoms with E-state index in [2.05, 4.69) is 23.9 Å². The Hall–Kier alpha value is -2.14. The molecule has 0 spiro atoms. The van der Waals surface area contributed by atoms with E-state index in [1.807, 2.05) is 24.3 Å². The number of hydrogen-bond acceptors (Lipinski definition) is 2. The van der Waals surface area contributed by atoms with Crippen molar-refractivity contribution in [2.45, 2.75) is 12.8 Å². The molecule has 1 N–H and O–H groups in total. The first-order chi connectivity index (χ1) is 8.29. The number of allylic oxidation sites excluding steroid dienone is 2. The molecule has 17 heavy (non-hydrogen) atoms. The summed E-state index contributed by atoms with van der Waals surface area (Å²) in [6.45, 7) is 4.25. The van der Waals surface area contributed by atoms with E-state index in [0.29, 0.717) is 6.61 Å². The zero-order valence-corrected chi connectivity index (χ0v) is 9.70. The third-order valence-corrected chi connectivity index (χ3v) is 2.59. The lowest BCUT2D eigenvalue weighted by atomic mass is 10.1. The molecule has 0 aromatic heterocycles. The van der Waals surface area contributed by atoms with Gasteiger partial charge in [-0.25, -0.2) is 0 Å². The minimum Gasteiger partial charge on any atom is -0.481 e. The van der Waals surface area contributed by atoms with Crippen molar-refractivity contribution in [3.8, 4) is 18.1 Å². The summed E-state index contributed by atoms with van der Waals surface area (Å²) in [5.74, 6) is 3.24. The van der Waals surface area contributed by atoms with Crippen LogP contribution in [-0.2, 0) is 0 Å². The third-order valence-electron chi connectivity index (χ3n) is 2.59. The Morgan fingerprint density at radius 3 is 2.76 bits per heavy atom. The van der Waals surface area contributed by atoms with Crippen LogP contribution in [0.25, 0.3) is 5.70 Å². The van der Waals surface area contributed by atoms with Crippen LogP contribution >= 0.6 is 0 Å². The molecule has 1 aliphatic rings. The smallest absolute Gasteiger partial charge is 0.148 e. The summed E-state index contributed by atoms with van der Waals surface area (Å²) in [6, 6.07) is 7.88. The normalized spacial score (nSPS) is 14.5. The molecule has 0 bridgehead atoms. The lowest BCUT2D eigenvalue weighted by Crippen LogP contribution is -2.14. The van der Waals surface area contributed by atoms with E-state index in [1.165, 1.54) is 0 Å². The summed E-state index contributed by atoms with van der Waals surface area (Å²) in [5.41, 5.74) is 3.32. The average Bonchev–Trinajstić information content (AvgIpc) is 2.37. The maximum absolute atomic E-state index is 5.33. The van der Waals surface area contributed by atoms with Crippen LogP contribution in [0.15, 0.2) is 42.6 Å². The molecule has 0 amide bonds. The van der Waals surface area contributed by atoms with E-state index in [-0.39, 0.29) is 0 Å². The molecule has 0 fully saturated rings. The van der Waals surface area contributed by atoms with Crippen LogP contribution in [-0.4, -0.2) is 6.61 Å². The Morgan fingerprint density at radius 2 is 2.12 bits per heavy atom. The topological polar surface area (TPSA) is 21.3 Å². The minimum absolute atomic E-state index is 0.303. The van der Waals surface area contributed by atoms with Gasteiger partial charge < -0.3 is 10.1 Å². The Labute approximate surface area is 102 Å². The van der Waals surface area contributed by atoms with Crippen molar-refractivity contribution in [3.63, 3.8) is 0 Å². The Morgan fingerprint density at radius 1 is 1.35 bits per heavy atom. The maximum Gasteiger partial charge on any atom is 0.148 e. The molecule has 2 heteroatoms. The van der Waals surface area contributed by atoms with E-state index < -0.39 is 0 Å². The number of rotatable bonds is 3. The number of benzene rings is 1. The SMILES string of the molecule is C#CCOc1ccc(C2=CCCC(=C)N2)cc1. The van der Waals surface area contributed by atoms with Gasteiger partial charge in [0.2, 0.25) is 0 Å². The van der Waals surface area contributed by atoms with Crippen molar-refractivity contribution in [2.75, 3.05) is 6.61 Å². The lowest BCUT2D eigenvalue weighted by molar-refractivity contribution is 0.370. The molecule has 1 heterocycles. The fourth-order valence-electron chi connectivity index (χ4n) is 1.74. The number of ether oxygens (including phenoxy) is 1. The molecule has 0 atom stereocenters. The molecule has 86 valence electrons. The first-order valence-corrected chi connectivity index (χ1v) is 5.61. The number of hydrogen-bond donors (Lipinski definition) is 1. The summed E-state index contributed by atoms with van der Waals surface area (Å²) in [5, 5.41) is 3.29. The summed E-state index contributed by atoms with van der Waals surface area (Å²) < 4.78 is 5.33. The molecular weight excluding hydrogens is 210 g/mol. The second-order valence-electron chi connectivity index (χ2n) is 3.90. The van der Waals surface area contributed by atoms with E-state index in [9.17, 15) is 0 Å². The first kappa shape index (κ1) is 11.3. The van der Waals surface area contributed by atoms with Gasteiger partial charge in [-0.2, -0.15) is 0 Å². The molecule has 1 aliphatic heterocycles. The Kier molecular flexibility index (Phi) is 3.52. The van der Waals surface area contributed by atoms with Crippen LogP contribution in [0.3, 0.4) is 0 Å². The monoisotopic (exact) mass is 225 g/mol. The average molecular weight is 225 g/mol. The number of nitrogens with one attached hydrogen (secondary N) is 1. The molecule has 0 aliphatic carbocycles. The Balaban J connectivity index is 2.10. The predicted molar refractivity (Wildman–Crippen MR) is 70.3 cm³/mol. The summed E-state index contributed by atoms with van der Waals surface area (Å²) in [7, 11) is 0. The second kappa shape index (κ2) is 5.27. The van der Waals surface area contributed by atoms with Crippen molar-refractivity contribution in [1.82, 2.24) is 5.32 Å². The predicted octanol–water partition coefficient (Wildman–Crippen LogP) is 2.94. The van der Waals surface area contributed by atoms with Gasteiger partial charge in [-0.15, -0.1) is 6.42 Å². The molecule has 0 saturated heterocycles. The first-order valence-electron chi connectivity index (χ1n) is 5.61. The standard InChI is InChI=1S/C15H15NO/c1-3-11-17-14-9-7-13(8-10-14)15-6-4-5-12(2)16-15/h1,6-10,16H,2,4-5,11H2. The molecule has 1 aromatic rings. The second-order valence-corrected chi connectivity index (χ2v) is 3.90.